The van der Waals surface area contributed by atoms with E-state index in [-0.39, 0.29) is 12.5 Å². The Kier molecular flexibility index (Phi) is 6.26. The molecule has 0 spiro atoms. The minimum Gasteiger partial charge on any atom is -0.367 e. The maximum absolute atomic E-state index is 12.9. The molecule has 2 amide bonds. The van der Waals surface area contributed by atoms with Gasteiger partial charge in [0, 0.05) is 30.9 Å². The maximum Gasteiger partial charge on any atom is 0.251 e. The largest absolute Gasteiger partial charge is 0.367 e. The highest BCUT2D eigenvalue weighted by Gasteiger charge is 2.18. The number of nitrogens with one attached hydrogen (secondary N) is 2. The number of carbonyl (C=O) groups excluding carboxylic acids is 2. The first-order valence-electron chi connectivity index (χ1n) is 10.3. The molecule has 1 aliphatic heterocycles. The number of fused-ring (bicyclic) bond motifs is 1. The number of halogens is 1. The van der Waals surface area contributed by atoms with Gasteiger partial charge in [0.2, 0.25) is 5.91 Å². The number of hydrogen-bond donors (Lipinski definition) is 2. The van der Waals surface area contributed by atoms with Crippen LogP contribution in [0, 0.1) is 5.82 Å². The van der Waals surface area contributed by atoms with E-state index in [4.69, 9.17) is 0 Å². The van der Waals surface area contributed by atoms with Gasteiger partial charge in [0.15, 0.2) is 0 Å². The van der Waals surface area contributed by atoms with Gasteiger partial charge in [-0.1, -0.05) is 42.5 Å². The highest BCUT2D eigenvalue weighted by atomic mass is 19.1. The Labute approximate surface area is 180 Å². The molecule has 0 radical (unpaired) electrons. The Morgan fingerprint density at radius 3 is 2.35 bits per heavy atom. The van der Waals surface area contributed by atoms with E-state index >= 15 is 0 Å². The number of benzene rings is 3. The van der Waals surface area contributed by atoms with Crippen LogP contribution >= 0.6 is 0 Å². The molecular weight excluding hydrogens is 393 g/mol. The van der Waals surface area contributed by atoms with Crippen molar-refractivity contribution in [2.45, 2.75) is 19.5 Å². The Balaban J connectivity index is 1.22. The van der Waals surface area contributed by atoms with Crippen LogP contribution in [-0.2, 0) is 24.3 Å². The lowest BCUT2D eigenvalue weighted by molar-refractivity contribution is -0.120. The van der Waals surface area contributed by atoms with E-state index in [9.17, 15) is 14.0 Å². The SMILES string of the molecule is O=C(CNC(=O)c1ccc(F)cc1)NCc1ccc(CN2CCc3ccccc32)cc1. The predicted octanol–water partition coefficient (Wildman–Crippen LogP) is 3.43. The smallest absolute Gasteiger partial charge is 0.251 e. The first kappa shape index (κ1) is 20.6. The molecule has 31 heavy (non-hydrogen) atoms. The number of nitrogens with zero attached hydrogens (tertiary/aromatic N) is 1. The van der Waals surface area contributed by atoms with Gasteiger partial charge >= 0.3 is 0 Å². The molecule has 0 unspecified atom stereocenters. The molecular formula is C25H24FN3O2. The summed E-state index contributed by atoms with van der Waals surface area (Å²) in [5, 5.41) is 5.33. The minimum atomic E-state index is -0.414. The van der Waals surface area contributed by atoms with Gasteiger partial charge in [-0.2, -0.15) is 0 Å². The number of hydrogen-bond acceptors (Lipinski definition) is 3. The third kappa shape index (κ3) is 5.28. The van der Waals surface area contributed by atoms with Crippen LogP contribution in [0.2, 0.25) is 0 Å². The molecule has 0 fully saturated rings. The third-order valence-electron chi connectivity index (χ3n) is 5.39. The second-order valence-electron chi connectivity index (χ2n) is 7.58. The zero-order valence-corrected chi connectivity index (χ0v) is 17.1. The molecule has 0 saturated carbocycles. The van der Waals surface area contributed by atoms with E-state index in [1.807, 2.05) is 12.1 Å². The molecule has 0 bridgehead atoms. The van der Waals surface area contributed by atoms with Gasteiger partial charge in [-0.05, 0) is 53.4 Å². The van der Waals surface area contributed by atoms with Crippen LogP contribution in [-0.4, -0.2) is 24.9 Å². The topological polar surface area (TPSA) is 61.4 Å². The Bertz CT molecular complexity index is 1060. The van der Waals surface area contributed by atoms with Gasteiger partial charge < -0.3 is 15.5 Å². The van der Waals surface area contributed by atoms with Crippen LogP contribution < -0.4 is 15.5 Å². The van der Waals surface area contributed by atoms with Crippen LogP contribution in [0.4, 0.5) is 10.1 Å². The molecule has 1 heterocycles. The van der Waals surface area contributed by atoms with Crippen molar-refractivity contribution in [2.24, 2.45) is 0 Å². The minimum absolute atomic E-state index is 0.136. The van der Waals surface area contributed by atoms with Crippen molar-refractivity contribution in [3.8, 4) is 0 Å². The van der Waals surface area contributed by atoms with Crippen molar-refractivity contribution >= 4 is 17.5 Å². The average Bonchev–Trinajstić information content (AvgIpc) is 3.20. The average molecular weight is 417 g/mol. The van der Waals surface area contributed by atoms with E-state index in [2.05, 4.69) is 51.9 Å². The highest BCUT2D eigenvalue weighted by molar-refractivity contribution is 5.96. The molecule has 158 valence electrons. The van der Waals surface area contributed by atoms with Crippen LogP contribution in [0.25, 0.3) is 0 Å². The Morgan fingerprint density at radius 1 is 0.871 bits per heavy atom. The zero-order valence-electron chi connectivity index (χ0n) is 17.1. The molecule has 6 heteroatoms. The summed E-state index contributed by atoms with van der Waals surface area (Å²) in [6.45, 7) is 2.14. The molecule has 0 atom stereocenters. The molecule has 1 aliphatic rings. The van der Waals surface area contributed by atoms with Crippen LogP contribution in [0.1, 0.15) is 27.0 Å². The van der Waals surface area contributed by atoms with Crippen LogP contribution in [0.15, 0.2) is 72.8 Å². The Morgan fingerprint density at radius 2 is 1.58 bits per heavy atom. The standard InChI is InChI=1S/C25H24FN3O2/c26-22-11-9-21(10-12-22)25(31)28-16-24(30)27-15-18-5-7-19(8-6-18)17-29-14-13-20-3-1-2-4-23(20)29/h1-12H,13-17H2,(H,27,30)(H,28,31). The Hall–Kier alpha value is -3.67. The third-order valence-corrected chi connectivity index (χ3v) is 5.39. The summed E-state index contributed by atoms with van der Waals surface area (Å²) in [6.07, 6.45) is 1.08. The number of para-hydroxylation sites is 1. The first-order valence-corrected chi connectivity index (χ1v) is 10.3. The molecule has 0 saturated heterocycles. The van der Waals surface area contributed by atoms with Crippen LogP contribution in [0.3, 0.4) is 0 Å². The summed E-state index contributed by atoms with van der Waals surface area (Å²) in [6, 6.07) is 21.9. The molecule has 3 aromatic rings. The molecule has 3 aromatic carbocycles. The summed E-state index contributed by atoms with van der Waals surface area (Å²) in [4.78, 5) is 26.4. The number of amides is 2. The molecule has 5 nitrogen and oxygen atoms in total. The van der Waals surface area contributed by atoms with E-state index in [0.29, 0.717) is 12.1 Å². The van der Waals surface area contributed by atoms with Crippen molar-refractivity contribution < 1.29 is 14.0 Å². The van der Waals surface area contributed by atoms with E-state index in [0.717, 1.165) is 25.1 Å². The predicted molar refractivity (Wildman–Crippen MR) is 118 cm³/mol. The number of anilines is 1. The van der Waals surface area contributed by atoms with Crippen LogP contribution in [0.5, 0.6) is 0 Å². The summed E-state index contributed by atoms with van der Waals surface area (Å²) in [7, 11) is 0. The van der Waals surface area contributed by atoms with Gasteiger partial charge in [-0.25, -0.2) is 4.39 Å². The normalized spacial score (nSPS) is 12.4. The summed E-state index contributed by atoms with van der Waals surface area (Å²) < 4.78 is 12.9. The van der Waals surface area contributed by atoms with Crippen molar-refractivity contribution in [3.63, 3.8) is 0 Å². The lowest BCUT2D eigenvalue weighted by Crippen LogP contribution is -2.36. The van der Waals surface area contributed by atoms with Gasteiger partial charge in [-0.3, -0.25) is 9.59 Å². The fourth-order valence-corrected chi connectivity index (χ4v) is 3.68. The van der Waals surface area contributed by atoms with Crippen molar-refractivity contribution in [1.29, 1.82) is 0 Å². The number of carbonyl (C=O) groups is 2. The van der Waals surface area contributed by atoms with E-state index < -0.39 is 11.7 Å². The quantitative estimate of drug-likeness (QED) is 0.619. The number of rotatable bonds is 7. The van der Waals surface area contributed by atoms with E-state index in [1.54, 1.807) is 0 Å². The van der Waals surface area contributed by atoms with Crippen molar-refractivity contribution in [2.75, 3.05) is 18.0 Å². The van der Waals surface area contributed by atoms with Gasteiger partial charge in [0.05, 0.1) is 6.54 Å². The van der Waals surface area contributed by atoms with Gasteiger partial charge in [0.1, 0.15) is 5.82 Å². The maximum atomic E-state index is 12.9. The summed E-state index contributed by atoms with van der Waals surface area (Å²) in [5.41, 5.74) is 5.22. The van der Waals surface area contributed by atoms with Crippen molar-refractivity contribution in [3.05, 3.63) is 101 Å². The van der Waals surface area contributed by atoms with E-state index in [1.165, 1.54) is 41.1 Å². The lowest BCUT2D eigenvalue weighted by atomic mass is 10.1. The molecule has 0 aromatic heterocycles. The van der Waals surface area contributed by atoms with Gasteiger partial charge in [-0.15, -0.1) is 0 Å². The van der Waals surface area contributed by atoms with Gasteiger partial charge in [0.25, 0.3) is 5.91 Å². The molecule has 2 N–H and O–H groups in total. The molecule has 4 rings (SSSR count). The fraction of sp³-hybridized carbons (Fsp3) is 0.200. The highest BCUT2D eigenvalue weighted by Crippen LogP contribution is 2.28. The second-order valence-corrected chi connectivity index (χ2v) is 7.58. The second kappa shape index (κ2) is 9.43. The molecule has 0 aliphatic carbocycles. The van der Waals surface area contributed by atoms with Crippen molar-refractivity contribution in [1.82, 2.24) is 10.6 Å². The fourth-order valence-electron chi connectivity index (χ4n) is 3.68. The lowest BCUT2D eigenvalue weighted by Gasteiger charge is -2.19. The first-order chi connectivity index (χ1) is 15.1. The summed E-state index contributed by atoms with van der Waals surface area (Å²) in [5.74, 6) is -1.11. The summed E-state index contributed by atoms with van der Waals surface area (Å²) >= 11 is 0. The zero-order chi connectivity index (χ0) is 21.6. The monoisotopic (exact) mass is 417 g/mol.